The minimum absolute atomic E-state index is 0.269. The average molecular weight is 428 g/mol. The topological polar surface area (TPSA) is 65.5 Å². The summed E-state index contributed by atoms with van der Waals surface area (Å²) < 4.78 is 16.9. The summed E-state index contributed by atoms with van der Waals surface area (Å²) in [5, 5.41) is 4.49. The van der Waals surface area contributed by atoms with Crippen LogP contribution in [0.15, 0.2) is 60.7 Å². The Balaban J connectivity index is 1.52. The number of anilines is 1. The Hall–Kier alpha value is -3.80. The molecular weight excluding hydrogens is 402 g/mol. The van der Waals surface area contributed by atoms with Crippen LogP contribution in [0.4, 0.5) is 5.82 Å². The zero-order valence-electron chi connectivity index (χ0n) is 18.2. The van der Waals surface area contributed by atoms with Crippen LogP contribution in [0.1, 0.15) is 24.5 Å². The van der Waals surface area contributed by atoms with Crippen LogP contribution in [0.3, 0.4) is 0 Å². The molecule has 0 saturated carbocycles. The van der Waals surface area contributed by atoms with Crippen molar-refractivity contribution in [1.82, 2.24) is 9.97 Å². The third kappa shape index (κ3) is 4.04. The summed E-state index contributed by atoms with van der Waals surface area (Å²) in [6.07, 6.45) is 0.939. The summed E-state index contributed by atoms with van der Waals surface area (Å²) in [6, 6.07) is 20.1. The maximum Gasteiger partial charge on any atom is 0.231 e. The molecular formula is C26H25N3O3. The first-order chi connectivity index (χ1) is 15.7. The maximum atomic E-state index is 5.96. The molecule has 0 spiro atoms. The van der Waals surface area contributed by atoms with Crippen molar-refractivity contribution in [2.24, 2.45) is 0 Å². The molecule has 3 aromatic carbocycles. The van der Waals surface area contributed by atoms with Crippen LogP contribution in [-0.4, -0.2) is 23.4 Å². The molecule has 0 radical (unpaired) electrons. The number of para-hydroxylation sites is 1. The molecule has 6 heteroatoms. The van der Waals surface area contributed by atoms with Crippen LogP contribution < -0.4 is 19.5 Å². The largest absolute Gasteiger partial charge is 0.493 e. The van der Waals surface area contributed by atoms with E-state index in [0.717, 1.165) is 57.1 Å². The summed E-state index contributed by atoms with van der Waals surface area (Å²) in [6.45, 7) is 5.69. The van der Waals surface area contributed by atoms with E-state index in [1.54, 1.807) is 0 Å². The lowest BCUT2D eigenvalue weighted by atomic mass is 10.1. The van der Waals surface area contributed by atoms with Gasteiger partial charge in [0.2, 0.25) is 6.79 Å². The first kappa shape index (κ1) is 20.1. The quantitative estimate of drug-likeness (QED) is 0.406. The van der Waals surface area contributed by atoms with E-state index in [0.29, 0.717) is 19.0 Å². The summed E-state index contributed by atoms with van der Waals surface area (Å²) in [4.78, 5) is 9.76. The van der Waals surface area contributed by atoms with Gasteiger partial charge in [-0.15, -0.1) is 0 Å². The van der Waals surface area contributed by atoms with Gasteiger partial charge in [0.1, 0.15) is 11.6 Å². The minimum Gasteiger partial charge on any atom is -0.493 e. The van der Waals surface area contributed by atoms with Gasteiger partial charge < -0.3 is 19.5 Å². The molecule has 1 N–H and O–H groups in total. The lowest BCUT2D eigenvalue weighted by molar-refractivity contribution is 0.174. The van der Waals surface area contributed by atoms with Crippen molar-refractivity contribution in [1.29, 1.82) is 0 Å². The minimum atomic E-state index is 0.269. The number of fused-ring (bicyclic) bond motifs is 2. The summed E-state index contributed by atoms with van der Waals surface area (Å²) >= 11 is 0. The molecule has 1 aliphatic heterocycles. The van der Waals surface area contributed by atoms with Gasteiger partial charge in [0.15, 0.2) is 17.3 Å². The molecule has 0 saturated heterocycles. The molecule has 5 rings (SSSR count). The number of nitrogens with one attached hydrogen (secondary N) is 1. The molecule has 1 aromatic heterocycles. The molecule has 2 heterocycles. The van der Waals surface area contributed by atoms with Gasteiger partial charge in [0.05, 0.1) is 17.7 Å². The predicted molar refractivity (Wildman–Crippen MR) is 125 cm³/mol. The molecule has 0 amide bonds. The highest BCUT2D eigenvalue weighted by Gasteiger charge is 2.15. The van der Waals surface area contributed by atoms with Gasteiger partial charge in [-0.25, -0.2) is 9.97 Å². The third-order valence-corrected chi connectivity index (χ3v) is 5.34. The van der Waals surface area contributed by atoms with Crippen molar-refractivity contribution in [2.75, 3.05) is 18.7 Å². The fourth-order valence-corrected chi connectivity index (χ4v) is 3.72. The van der Waals surface area contributed by atoms with Crippen LogP contribution in [0.2, 0.25) is 0 Å². The van der Waals surface area contributed by atoms with E-state index in [4.69, 9.17) is 24.2 Å². The van der Waals surface area contributed by atoms with Crippen molar-refractivity contribution in [2.45, 2.75) is 26.8 Å². The van der Waals surface area contributed by atoms with Gasteiger partial charge in [0, 0.05) is 11.9 Å². The molecule has 0 aliphatic carbocycles. The molecule has 1 aliphatic rings. The number of hydrogen-bond donors (Lipinski definition) is 1. The van der Waals surface area contributed by atoms with Gasteiger partial charge >= 0.3 is 0 Å². The summed E-state index contributed by atoms with van der Waals surface area (Å²) in [7, 11) is 0. The van der Waals surface area contributed by atoms with Gasteiger partial charge in [-0.2, -0.15) is 0 Å². The van der Waals surface area contributed by atoms with E-state index >= 15 is 0 Å². The van der Waals surface area contributed by atoms with E-state index in [9.17, 15) is 0 Å². The Morgan fingerprint density at radius 3 is 2.75 bits per heavy atom. The molecule has 4 aromatic rings. The predicted octanol–water partition coefficient (Wildman–Crippen LogP) is 5.73. The SMILES string of the molecule is CCCOc1ccccc1-c1nc(NCc2ccc3c(c2)OCO3)c2cc(C)ccc2n1. The second-order valence-corrected chi connectivity index (χ2v) is 7.80. The fourth-order valence-electron chi connectivity index (χ4n) is 3.72. The lowest BCUT2D eigenvalue weighted by Gasteiger charge is -2.14. The number of rotatable bonds is 7. The van der Waals surface area contributed by atoms with Crippen LogP contribution >= 0.6 is 0 Å². The van der Waals surface area contributed by atoms with E-state index < -0.39 is 0 Å². The Bertz CT molecular complexity index is 1270. The first-order valence-electron chi connectivity index (χ1n) is 10.8. The van der Waals surface area contributed by atoms with Crippen molar-refractivity contribution < 1.29 is 14.2 Å². The summed E-state index contributed by atoms with van der Waals surface area (Å²) in [5.74, 6) is 3.78. The highest BCUT2D eigenvalue weighted by atomic mass is 16.7. The van der Waals surface area contributed by atoms with E-state index in [1.165, 1.54) is 0 Å². The zero-order valence-corrected chi connectivity index (χ0v) is 18.2. The van der Waals surface area contributed by atoms with Gasteiger partial charge in [-0.1, -0.05) is 36.8 Å². The van der Waals surface area contributed by atoms with Gasteiger partial charge in [-0.05, 0) is 55.3 Å². The van der Waals surface area contributed by atoms with E-state index in [2.05, 4.69) is 31.3 Å². The van der Waals surface area contributed by atoms with Gasteiger partial charge in [0.25, 0.3) is 0 Å². The third-order valence-electron chi connectivity index (χ3n) is 5.34. The number of aryl methyl sites for hydroxylation is 1. The number of benzene rings is 3. The fraction of sp³-hybridized carbons (Fsp3) is 0.231. The molecule has 0 unspecified atom stereocenters. The second-order valence-electron chi connectivity index (χ2n) is 7.80. The highest BCUT2D eigenvalue weighted by Crippen LogP contribution is 2.34. The van der Waals surface area contributed by atoms with E-state index in [-0.39, 0.29) is 6.79 Å². The standard InChI is InChI=1S/C26H25N3O3/c1-3-12-30-22-7-5-4-6-19(22)26-28-21-10-8-17(2)13-20(21)25(29-26)27-15-18-9-11-23-24(14-18)32-16-31-23/h4-11,13-14H,3,12,15-16H2,1-2H3,(H,27,28,29). The second kappa shape index (κ2) is 8.75. The van der Waals surface area contributed by atoms with Crippen molar-refractivity contribution in [3.63, 3.8) is 0 Å². The highest BCUT2D eigenvalue weighted by molar-refractivity contribution is 5.91. The Labute approximate surface area is 187 Å². The van der Waals surface area contributed by atoms with Crippen molar-refractivity contribution in [3.8, 4) is 28.6 Å². The Morgan fingerprint density at radius 2 is 1.84 bits per heavy atom. The number of hydrogen-bond acceptors (Lipinski definition) is 6. The van der Waals surface area contributed by atoms with Crippen LogP contribution in [0.5, 0.6) is 17.2 Å². The first-order valence-corrected chi connectivity index (χ1v) is 10.8. The van der Waals surface area contributed by atoms with Crippen molar-refractivity contribution >= 4 is 16.7 Å². The molecule has 6 nitrogen and oxygen atoms in total. The zero-order chi connectivity index (χ0) is 21.9. The number of ether oxygens (including phenoxy) is 3. The Kier molecular flexibility index (Phi) is 5.50. The van der Waals surface area contributed by atoms with E-state index in [1.807, 2.05) is 48.5 Å². The molecule has 32 heavy (non-hydrogen) atoms. The number of nitrogens with zero attached hydrogens (tertiary/aromatic N) is 2. The lowest BCUT2D eigenvalue weighted by Crippen LogP contribution is -2.05. The van der Waals surface area contributed by atoms with Crippen molar-refractivity contribution in [3.05, 3.63) is 71.8 Å². The number of aromatic nitrogens is 2. The van der Waals surface area contributed by atoms with Crippen LogP contribution in [0.25, 0.3) is 22.3 Å². The molecule has 162 valence electrons. The average Bonchev–Trinajstić information content (AvgIpc) is 3.29. The maximum absolute atomic E-state index is 5.96. The molecule has 0 bridgehead atoms. The van der Waals surface area contributed by atoms with Crippen LogP contribution in [0, 0.1) is 6.92 Å². The van der Waals surface area contributed by atoms with Gasteiger partial charge in [-0.3, -0.25) is 0 Å². The molecule has 0 atom stereocenters. The van der Waals surface area contributed by atoms with Crippen LogP contribution in [-0.2, 0) is 6.54 Å². The summed E-state index contributed by atoms with van der Waals surface area (Å²) in [5.41, 5.74) is 4.02. The monoisotopic (exact) mass is 427 g/mol. The molecule has 0 fully saturated rings. The normalized spacial score (nSPS) is 12.2. The Morgan fingerprint density at radius 1 is 0.969 bits per heavy atom. The smallest absolute Gasteiger partial charge is 0.231 e.